The first-order chi connectivity index (χ1) is 19.2. The lowest BCUT2D eigenvalue weighted by Crippen LogP contribution is -2.84. The Kier molecular flexibility index (Phi) is 6.35. The van der Waals surface area contributed by atoms with Gasteiger partial charge in [-0.1, -0.05) is 25.2 Å². The van der Waals surface area contributed by atoms with Crippen LogP contribution in [-0.2, 0) is 19.1 Å². The highest BCUT2D eigenvalue weighted by atomic mass is 16.6. The van der Waals surface area contributed by atoms with Crippen molar-refractivity contribution < 1.29 is 44.6 Å². The summed E-state index contributed by atoms with van der Waals surface area (Å²) >= 11 is 0. The van der Waals surface area contributed by atoms with Crippen LogP contribution in [0.5, 0.6) is 0 Å². The fourth-order valence-corrected chi connectivity index (χ4v) is 11.2. The van der Waals surface area contributed by atoms with Gasteiger partial charge in [-0.15, -0.1) is 0 Å². The molecule has 6 fully saturated rings. The minimum absolute atomic E-state index is 0.133. The van der Waals surface area contributed by atoms with Gasteiger partial charge in [0.1, 0.15) is 23.9 Å². The maximum atomic E-state index is 13.5. The van der Waals surface area contributed by atoms with E-state index < -0.39 is 82.2 Å². The predicted octanol–water partition coefficient (Wildman–Crippen LogP) is 0.465. The second kappa shape index (κ2) is 8.97. The Bertz CT molecular complexity index is 1260. The van der Waals surface area contributed by atoms with Crippen LogP contribution in [0.15, 0.2) is 35.5 Å². The third-order valence-electron chi connectivity index (χ3n) is 12.2. The zero-order valence-electron chi connectivity index (χ0n) is 24.4. The molecule has 10 heteroatoms. The Morgan fingerprint density at radius 1 is 1.07 bits per heavy atom. The van der Waals surface area contributed by atoms with Crippen molar-refractivity contribution in [2.45, 2.75) is 89.1 Å². The van der Waals surface area contributed by atoms with E-state index in [1.165, 1.54) is 13.0 Å². The Morgan fingerprint density at radius 3 is 2.34 bits per heavy atom. The number of esters is 2. The molecular weight excluding hydrogens is 530 g/mol. The molecule has 6 aliphatic rings. The first kappa shape index (κ1) is 29.0. The highest BCUT2D eigenvalue weighted by Gasteiger charge is 2.93. The fourth-order valence-electron chi connectivity index (χ4n) is 11.2. The van der Waals surface area contributed by atoms with Gasteiger partial charge >= 0.3 is 11.9 Å². The molecule has 1 heterocycles. The minimum Gasteiger partial charge on any atom is -0.455 e. The summed E-state index contributed by atoms with van der Waals surface area (Å²) in [5.41, 5.74) is -3.74. The van der Waals surface area contributed by atoms with Gasteiger partial charge < -0.3 is 39.9 Å². The predicted molar refractivity (Wildman–Crippen MR) is 146 cm³/mol. The average molecular weight is 574 g/mol. The molecule has 13 atom stereocenters. The third kappa shape index (κ3) is 3.14. The topological polar surface area (TPSA) is 157 Å². The number of aliphatic hydroxyl groups excluding tert-OH is 4. The minimum atomic E-state index is -1.82. The molecule has 2 spiro atoms. The van der Waals surface area contributed by atoms with Crippen LogP contribution < -0.4 is 0 Å². The number of ether oxygens (including phenoxy) is 2. The Hall–Kier alpha value is -2.08. The van der Waals surface area contributed by atoms with Crippen molar-refractivity contribution in [3.8, 4) is 0 Å². The number of nitrogens with zero attached hydrogens (tertiary/aromatic N) is 1. The largest absolute Gasteiger partial charge is 0.455 e. The lowest BCUT2D eigenvalue weighted by Gasteiger charge is -2.73. The molecule has 5 N–H and O–H groups in total. The molecule has 6 rings (SSSR count). The number of hydrogen-bond acceptors (Lipinski definition) is 10. The van der Waals surface area contributed by atoms with Crippen LogP contribution in [0.1, 0.15) is 47.0 Å². The van der Waals surface area contributed by atoms with E-state index in [2.05, 4.69) is 11.5 Å². The highest BCUT2D eigenvalue weighted by molar-refractivity contribution is 5.89. The number of piperidine rings is 1. The molecular formula is C31H43NO9. The number of aliphatic hydroxyl groups is 5. The van der Waals surface area contributed by atoms with E-state index >= 15 is 0 Å². The summed E-state index contributed by atoms with van der Waals surface area (Å²) in [6.45, 7) is 11.1. The van der Waals surface area contributed by atoms with Gasteiger partial charge in [-0.25, -0.2) is 9.59 Å². The van der Waals surface area contributed by atoms with Crippen LogP contribution in [-0.4, -0.2) is 105 Å². The Balaban J connectivity index is 1.63. The summed E-state index contributed by atoms with van der Waals surface area (Å²) in [6, 6.07) is -0.418. The molecule has 5 aliphatic carbocycles. The molecule has 0 aromatic rings. The van der Waals surface area contributed by atoms with Gasteiger partial charge in [0.25, 0.3) is 0 Å². The molecule has 0 aromatic carbocycles. The van der Waals surface area contributed by atoms with Crippen LogP contribution >= 0.6 is 0 Å². The van der Waals surface area contributed by atoms with E-state index in [0.29, 0.717) is 18.5 Å². The number of carbonyl (C=O) groups excluding carboxylic acids is 2. The maximum Gasteiger partial charge on any atom is 0.333 e. The lowest BCUT2D eigenvalue weighted by molar-refractivity contribution is -0.361. The van der Waals surface area contributed by atoms with Crippen molar-refractivity contribution in [2.24, 2.45) is 34.0 Å². The second-order valence-electron chi connectivity index (χ2n) is 13.9. The van der Waals surface area contributed by atoms with E-state index in [1.807, 2.05) is 14.0 Å². The van der Waals surface area contributed by atoms with Gasteiger partial charge in [0.05, 0.1) is 18.8 Å². The van der Waals surface area contributed by atoms with Crippen molar-refractivity contribution in [3.63, 3.8) is 0 Å². The molecule has 41 heavy (non-hydrogen) atoms. The Morgan fingerprint density at radius 2 is 1.71 bits per heavy atom. The van der Waals surface area contributed by atoms with Crippen LogP contribution in [0, 0.1) is 34.0 Å². The SMILES string of the molecule is C=C1C[C@]23[C@@H]4[C@H]1[C@@H](OC(=O)/C(C)=C/C)[C@@H](OC(=O)/C(C)=C/CO)[C@H]2[C@@]12C[C@@H](O)C[C@@](C)(CN(C)[C@H]41)[C@@]2(O)[C@@H](O)[C@@H]3O. The van der Waals surface area contributed by atoms with Crippen LogP contribution in [0.3, 0.4) is 0 Å². The van der Waals surface area contributed by atoms with Crippen molar-refractivity contribution >= 4 is 11.9 Å². The van der Waals surface area contributed by atoms with Crippen molar-refractivity contribution in [3.05, 3.63) is 35.5 Å². The van der Waals surface area contributed by atoms with E-state index in [0.717, 1.165) is 5.57 Å². The first-order valence-corrected chi connectivity index (χ1v) is 14.6. The molecule has 0 amide bonds. The van der Waals surface area contributed by atoms with Crippen molar-refractivity contribution in [1.82, 2.24) is 4.90 Å². The summed E-state index contributed by atoms with van der Waals surface area (Å²) in [4.78, 5) is 28.9. The molecule has 5 saturated carbocycles. The maximum absolute atomic E-state index is 13.5. The monoisotopic (exact) mass is 573 g/mol. The standard InChI is InChI=1S/C31H43NO9/c1-7-14(2)26(37)40-20-18-16(4)10-29-19(18)23-30(22(29)21(20)41-27(38)15(3)8-9-33)12-17(34)11-28(5,13-32(23)6)31(30,39)25(36)24(29)35/h7-8,17-25,33-36,39H,4,9-13H2,1-3,5-6H3/b14-7+,15-8+/t17-,18-,19+,20+,21+,22+,23+,24-,25-,28-,29-,30-,31-/m0/s1. The smallest absolute Gasteiger partial charge is 0.333 e. The number of likely N-dealkylation sites (tertiary alicyclic amines) is 1. The van der Waals surface area contributed by atoms with E-state index in [9.17, 15) is 35.1 Å². The zero-order chi connectivity index (χ0) is 30.0. The molecule has 1 aliphatic heterocycles. The molecule has 6 bridgehead atoms. The van der Waals surface area contributed by atoms with Crippen LogP contribution in [0.25, 0.3) is 0 Å². The molecule has 0 unspecified atom stereocenters. The van der Waals surface area contributed by atoms with Crippen LogP contribution in [0.4, 0.5) is 0 Å². The number of hydrogen-bond donors (Lipinski definition) is 5. The van der Waals surface area contributed by atoms with E-state index in [-0.39, 0.29) is 30.9 Å². The zero-order valence-corrected chi connectivity index (χ0v) is 24.4. The molecule has 0 radical (unpaired) electrons. The third-order valence-corrected chi connectivity index (χ3v) is 12.2. The molecule has 1 saturated heterocycles. The van der Waals surface area contributed by atoms with Gasteiger partial charge in [0.15, 0.2) is 0 Å². The number of carbonyl (C=O) groups is 2. The second-order valence-corrected chi connectivity index (χ2v) is 13.9. The summed E-state index contributed by atoms with van der Waals surface area (Å²) in [7, 11) is 1.97. The number of allylic oxidation sites excluding steroid dienone is 1. The lowest BCUT2D eigenvalue weighted by atomic mass is 9.38. The van der Waals surface area contributed by atoms with Crippen molar-refractivity contribution in [1.29, 1.82) is 0 Å². The Labute approximate surface area is 240 Å². The molecule has 10 nitrogen and oxygen atoms in total. The first-order valence-electron chi connectivity index (χ1n) is 14.6. The average Bonchev–Trinajstić information content (AvgIpc) is 3.21. The molecule has 0 aromatic heterocycles. The van der Waals surface area contributed by atoms with Gasteiger partial charge in [0, 0.05) is 51.8 Å². The van der Waals surface area contributed by atoms with Gasteiger partial charge in [-0.2, -0.15) is 0 Å². The number of rotatable bonds is 5. The summed E-state index contributed by atoms with van der Waals surface area (Å²) in [5.74, 6) is -2.96. The fraction of sp³-hybridized carbons (Fsp3) is 0.742. The summed E-state index contributed by atoms with van der Waals surface area (Å²) < 4.78 is 12.4. The van der Waals surface area contributed by atoms with Crippen molar-refractivity contribution in [2.75, 3.05) is 20.2 Å². The van der Waals surface area contributed by atoms with Gasteiger partial charge in [0.2, 0.25) is 0 Å². The molecule has 226 valence electrons. The van der Waals surface area contributed by atoms with Gasteiger partial charge in [-0.05, 0) is 59.1 Å². The summed E-state index contributed by atoms with van der Waals surface area (Å²) in [6.07, 6.45) is -2.11. The van der Waals surface area contributed by atoms with Gasteiger partial charge in [-0.3, -0.25) is 0 Å². The van der Waals surface area contributed by atoms with E-state index in [4.69, 9.17) is 9.47 Å². The van der Waals surface area contributed by atoms with E-state index in [1.54, 1.807) is 19.9 Å². The normalized spacial score (nSPS) is 52.0. The summed E-state index contributed by atoms with van der Waals surface area (Å²) in [5, 5.41) is 57.7. The highest BCUT2D eigenvalue weighted by Crippen LogP contribution is 2.84. The quantitative estimate of drug-likeness (QED) is 0.178. The van der Waals surface area contributed by atoms with Crippen LogP contribution in [0.2, 0.25) is 0 Å².